The van der Waals surface area contributed by atoms with Crippen molar-refractivity contribution in [1.29, 1.82) is 0 Å². The lowest BCUT2D eigenvalue weighted by Crippen LogP contribution is -2.32. The minimum Gasteiger partial charge on any atom is -0.481 e. The Morgan fingerprint density at radius 1 is 1.47 bits per heavy atom. The van der Waals surface area contributed by atoms with Crippen molar-refractivity contribution in [2.75, 3.05) is 13.2 Å². The summed E-state index contributed by atoms with van der Waals surface area (Å²) in [6.45, 7) is 1.19. The number of carboxylic acid groups (broad SMARTS) is 1. The molecule has 5 heteroatoms. The minimum absolute atomic E-state index is 0.155. The van der Waals surface area contributed by atoms with Crippen LogP contribution in [0.2, 0.25) is 0 Å². The fraction of sp³-hybridized carbons (Fsp3) is 0.429. The lowest BCUT2D eigenvalue weighted by atomic mass is 9.97. The molecule has 0 aliphatic carbocycles. The molecule has 0 bridgehead atoms. The largest absolute Gasteiger partial charge is 0.481 e. The number of aliphatic carboxylic acids is 1. The van der Waals surface area contributed by atoms with Crippen LogP contribution in [0.15, 0.2) is 30.3 Å². The highest BCUT2D eigenvalue weighted by Gasteiger charge is 2.46. The summed E-state index contributed by atoms with van der Waals surface area (Å²) in [5, 5.41) is 9.04. The highest BCUT2D eigenvalue weighted by molar-refractivity contribution is 5.99. The maximum Gasteiger partial charge on any atom is 0.316 e. The second-order valence-electron chi connectivity index (χ2n) is 4.81. The molecular weight excluding hydrogens is 249 g/mol. The predicted octanol–water partition coefficient (Wildman–Crippen LogP) is 1.88. The van der Waals surface area contributed by atoms with Crippen LogP contribution in [-0.2, 0) is 9.59 Å². The second-order valence-corrected chi connectivity index (χ2v) is 4.81. The van der Waals surface area contributed by atoms with Crippen LogP contribution in [0.25, 0.3) is 0 Å². The maximum atomic E-state index is 12.9. The number of likely N-dealkylation sites (tertiary alicyclic amines) is 1. The van der Waals surface area contributed by atoms with Crippen molar-refractivity contribution in [2.45, 2.75) is 13.0 Å². The fourth-order valence-corrected chi connectivity index (χ4v) is 2.53. The first-order valence-corrected chi connectivity index (χ1v) is 6.20. The first-order valence-electron chi connectivity index (χ1n) is 6.20. The number of amides is 1. The van der Waals surface area contributed by atoms with Crippen LogP contribution >= 0.6 is 0 Å². The van der Waals surface area contributed by atoms with Gasteiger partial charge in [-0.25, -0.2) is 0 Å². The highest BCUT2D eigenvalue weighted by atomic mass is 19.1. The van der Waals surface area contributed by atoms with Crippen molar-refractivity contribution in [3.8, 4) is 0 Å². The molecule has 19 heavy (non-hydrogen) atoms. The van der Waals surface area contributed by atoms with E-state index in [-0.39, 0.29) is 12.6 Å². The molecule has 0 spiro atoms. The molecule has 1 fully saturated rings. The maximum absolute atomic E-state index is 12.9. The van der Waals surface area contributed by atoms with E-state index in [1.807, 2.05) is 37.3 Å². The third kappa shape index (κ3) is 2.45. The monoisotopic (exact) mass is 265 g/mol. The van der Waals surface area contributed by atoms with E-state index < -0.39 is 30.4 Å². The molecule has 2 rings (SSSR count). The van der Waals surface area contributed by atoms with Gasteiger partial charge in [0.2, 0.25) is 5.91 Å². The third-order valence-electron chi connectivity index (χ3n) is 3.67. The van der Waals surface area contributed by atoms with E-state index in [2.05, 4.69) is 0 Å². The number of alkyl halides is 1. The lowest BCUT2D eigenvalue weighted by molar-refractivity contribution is -0.149. The van der Waals surface area contributed by atoms with E-state index >= 15 is 0 Å². The molecule has 102 valence electrons. The van der Waals surface area contributed by atoms with E-state index in [1.165, 1.54) is 4.90 Å². The summed E-state index contributed by atoms with van der Waals surface area (Å²) in [5.41, 5.74) is 0.916. The summed E-state index contributed by atoms with van der Waals surface area (Å²) >= 11 is 0. The van der Waals surface area contributed by atoms with E-state index in [0.29, 0.717) is 0 Å². The zero-order valence-electron chi connectivity index (χ0n) is 10.6. The zero-order chi connectivity index (χ0) is 14.0. The van der Waals surface area contributed by atoms with Gasteiger partial charge in [-0.3, -0.25) is 14.0 Å². The van der Waals surface area contributed by atoms with E-state index in [0.717, 1.165) is 5.56 Å². The Bertz CT molecular complexity index is 477. The molecule has 1 aromatic rings. The van der Waals surface area contributed by atoms with Crippen molar-refractivity contribution >= 4 is 11.9 Å². The number of rotatable bonds is 4. The van der Waals surface area contributed by atoms with Crippen molar-refractivity contribution in [1.82, 2.24) is 4.90 Å². The van der Waals surface area contributed by atoms with Crippen LogP contribution in [0.3, 0.4) is 0 Å². The molecule has 0 radical (unpaired) electrons. The molecule has 1 N–H and O–H groups in total. The second kappa shape index (κ2) is 5.38. The van der Waals surface area contributed by atoms with Gasteiger partial charge in [0.25, 0.3) is 0 Å². The summed E-state index contributed by atoms with van der Waals surface area (Å²) in [5.74, 6) is -3.74. The Morgan fingerprint density at radius 2 is 2.11 bits per heavy atom. The summed E-state index contributed by atoms with van der Waals surface area (Å²) in [6.07, 6.45) is 0. The molecular formula is C14H16FNO3. The highest BCUT2D eigenvalue weighted by Crippen LogP contribution is 2.32. The van der Waals surface area contributed by atoms with Crippen LogP contribution in [0.1, 0.15) is 18.5 Å². The van der Waals surface area contributed by atoms with Crippen LogP contribution in [0, 0.1) is 11.8 Å². The summed E-state index contributed by atoms with van der Waals surface area (Å²) in [7, 11) is 0. The normalized spacial score (nSPS) is 24.5. The number of carbonyl (C=O) groups excluding carboxylic acids is 1. The summed E-state index contributed by atoms with van der Waals surface area (Å²) in [4.78, 5) is 24.6. The van der Waals surface area contributed by atoms with Crippen LogP contribution in [0.4, 0.5) is 4.39 Å². The molecule has 3 unspecified atom stereocenters. The third-order valence-corrected chi connectivity index (χ3v) is 3.67. The first kappa shape index (κ1) is 13.5. The fourth-order valence-electron chi connectivity index (χ4n) is 2.53. The molecule has 1 aliphatic rings. The molecule has 4 nitrogen and oxygen atoms in total. The van der Waals surface area contributed by atoms with Gasteiger partial charge in [0.15, 0.2) is 0 Å². The topological polar surface area (TPSA) is 57.6 Å². The average Bonchev–Trinajstić information content (AvgIpc) is 2.76. The minimum atomic E-state index is -1.25. The van der Waals surface area contributed by atoms with Gasteiger partial charge in [-0.2, -0.15) is 0 Å². The van der Waals surface area contributed by atoms with Gasteiger partial charge in [0.05, 0.1) is 12.7 Å². The van der Waals surface area contributed by atoms with E-state index in [9.17, 15) is 14.0 Å². The van der Waals surface area contributed by atoms with Gasteiger partial charge in [-0.1, -0.05) is 30.3 Å². The van der Waals surface area contributed by atoms with Gasteiger partial charge in [0, 0.05) is 12.5 Å². The molecule has 0 aromatic heterocycles. The quantitative estimate of drug-likeness (QED) is 0.846. The number of hydrogen-bond acceptors (Lipinski definition) is 2. The summed E-state index contributed by atoms with van der Waals surface area (Å²) in [6, 6.07) is 9.08. The van der Waals surface area contributed by atoms with Gasteiger partial charge in [0.1, 0.15) is 5.92 Å². The van der Waals surface area contributed by atoms with Gasteiger partial charge in [-0.05, 0) is 12.5 Å². The first-order chi connectivity index (χ1) is 9.06. The van der Waals surface area contributed by atoms with E-state index in [1.54, 1.807) is 0 Å². The molecule has 0 saturated carbocycles. The van der Waals surface area contributed by atoms with Gasteiger partial charge in [-0.15, -0.1) is 0 Å². The Morgan fingerprint density at radius 3 is 2.58 bits per heavy atom. The zero-order valence-corrected chi connectivity index (χ0v) is 10.6. The van der Waals surface area contributed by atoms with Crippen molar-refractivity contribution in [3.63, 3.8) is 0 Å². The molecule has 1 aromatic carbocycles. The molecule has 1 saturated heterocycles. The molecule has 1 aliphatic heterocycles. The average molecular weight is 265 g/mol. The predicted molar refractivity (Wildman–Crippen MR) is 67.2 cm³/mol. The number of benzene rings is 1. The molecule has 3 atom stereocenters. The van der Waals surface area contributed by atoms with Crippen molar-refractivity contribution < 1.29 is 19.1 Å². The van der Waals surface area contributed by atoms with Crippen LogP contribution < -0.4 is 0 Å². The smallest absolute Gasteiger partial charge is 0.316 e. The lowest BCUT2D eigenvalue weighted by Gasteiger charge is -2.25. The summed E-state index contributed by atoms with van der Waals surface area (Å²) < 4.78 is 12.9. The van der Waals surface area contributed by atoms with Crippen molar-refractivity contribution in [3.05, 3.63) is 35.9 Å². The number of halogens is 1. The molecule has 1 heterocycles. The van der Waals surface area contributed by atoms with Gasteiger partial charge >= 0.3 is 5.97 Å². The van der Waals surface area contributed by atoms with Crippen LogP contribution in [-0.4, -0.2) is 35.1 Å². The Hall–Kier alpha value is -1.91. The number of nitrogens with zero attached hydrogens (tertiary/aromatic N) is 1. The Balaban J connectivity index is 2.22. The Kier molecular flexibility index (Phi) is 3.83. The number of carboxylic acids is 1. The SMILES string of the molecule is CC(c1ccccc1)N1CC(CF)C(C(=O)O)C1=O. The van der Waals surface area contributed by atoms with Crippen LogP contribution in [0.5, 0.6) is 0 Å². The van der Waals surface area contributed by atoms with Crippen molar-refractivity contribution in [2.24, 2.45) is 11.8 Å². The van der Waals surface area contributed by atoms with Gasteiger partial charge < -0.3 is 10.0 Å². The Labute approximate surface area is 110 Å². The standard InChI is InChI=1S/C14H16FNO3/c1-9(10-5-3-2-4-6-10)16-8-11(7-15)12(13(16)17)14(18)19/h2-6,9,11-12H,7-8H2,1H3,(H,18,19). The van der Waals surface area contributed by atoms with E-state index in [4.69, 9.17) is 5.11 Å². The number of hydrogen-bond donors (Lipinski definition) is 1. The number of carbonyl (C=O) groups is 2. The molecule has 1 amide bonds.